The summed E-state index contributed by atoms with van der Waals surface area (Å²) in [6.45, 7) is 6.81. The molecule has 0 spiro atoms. The van der Waals surface area contributed by atoms with Crippen molar-refractivity contribution in [2.24, 2.45) is 0 Å². The average molecular weight is 320 g/mol. The van der Waals surface area contributed by atoms with Gasteiger partial charge in [-0.15, -0.1) is 0 Å². The molecule has 1 unspecified atom stereocenters. The molecule has 1 saturated heterocycles. The molecule has 0 bridgehead atoms. The lowest BCUT2D eigenvalue weighted by atomic mass is 10.2. The molecule has 1 fully saturated rings. The van der Waals surface area contributed by atoms with Gasteiger partial charge in [0.1, 0.15) is 11.4 Å². The highest BCUT2D eigenvalue weighted by Gasteiger charge is 2.28. The molecule has 0 aromatic carbocycles. The maximum atomic E-state index is 11.9. The number of aromatic nitrogens is 1. The van der Waals surface area contributed by atoms with Crippen LogP contribution in [0.5, 0.6) is 0 Å². The molecule has 0 aliphatic carbocycles. The highest BCUT2D eigenvalue weighted by atomic mass is 16.6. The molecule has 23 heavy (non-hydrogen) atoms. The van der Waals surface area contributed by atoms with Crippen molar-refractivity contribution in [3.05, 3.63) is 23.9 Å². The molecule has 7 heteroatoms. The number of rotatable bonds is 3. The first-order chi connectivity index (χ1) is 10.8. The molecular weight excluding hydrogens is 296 g/mol. The number of amides is 2. The van der Waals surface area contributed by atoms with Crippen LogP contribution in [-0.2, 0) is 4.74 Å². The van der Waals surface area contributed by atoms with E-state index in [0.717, 1.165) is 13.0 Å². The van der Waals surface area contributed by atoms with Gasteiger partial charge in [0.2, 0.25) is 0 Å². The molecule has 1 aromatic heterocycles. The quantitative estimate of drug-likeness (QED) is 0.883. The number of carbonyl (C=O) groups is 2. The van der Waals surface area contributed by atoms with Crippen LogP contribution >= 0.6 is 0 Å². The third kappa shape index (κ3) is 4.58. The second kappa shape index (κ2) is 6.85. The molecule has 2 heterocycles. The first-order valence-electron chi connectivity index (χ1n) is 7.71. The van der Waals surface area contributed by atoms with Gasteiger partial charge in [-0.1, -0.05) is 0 Å². The van der Waals surface area contributed by atoms with E-state index in [1.807, 2.05) is 25.7 Å². The molecule has 1 aliphatic heterocycles. The lowest BCUT2D eigenvalue weighted by Crippen LogP contribution is -2.40. The summed E-state index contributed by atoms with van der Waals surface area (Å²) < 4.78 is 5.27. The molecule has 0 radical (unpaired) electrons. The Morgan fingerprint density at radius 1 is 1.39 bits per heavy atom. The highest BCUT2D eigenvalue weighted by Crippen LogP contribution is 2.22. The minimum atomic E-state index is -0.518. The predicted octanol–water partition coefficient (Wildman–Crippen LogP) is 1.54. The summed E-state index contributed by atoms with van der Waals surface area (Å²) in [5, 5.41) is 5.49. The normalized spacial score (nSPS) is 17.7. The fraction of sp³-hybridized carbons (Fsp3) is 0.562. The highest BCUT2D eigenvalue weighted by molar-refractivity contribution is 5.98. The van der Waals surface area contributed by atoms with E-state index in [2.05, 4.69) is 15.6 Å². The molecular formula is C16H24N4O3. The number of anilines is 1. The minimum Gasteiger partial charge on any atom is -0.444 e. The SMILES string of the molecule is CNC(=O)c1cccnc1N1CCC(NC(=O)OC(C)(C)C)C1. The maximum Gasteiger partial charge on any atom is 0.407 e. The van der Waals surface area contributed by atoms with Gasteiger partial charge in [-0.05, 0) is 39.3 Å². The van der Waals surface area contributed by atoms with Gasteiger partial charge in [0.15, 0.2) is 0 Å². The summed E-state index contributed by atoms with van der Waals surface area (Å²) in [7, 11) is 1.59. The number of alkyl carbamates (subject to hydrolysis) is 1. The Kier molecular flexibility index (Phi) is 5.08. The standard InChI is InChI=1S/C16H24N4O3/c1-16(2,3)23-15(22)19-11-7-9-20(10-11)13-12(14(21)17-4)6-5-8-18-13/h5-6,8,11H,7,9-10H2,1-4H3,(H,17,21)(H,19,22). The summed E-state index contributed by atoms with van der Waals surface area (Å²) in [6.07, 6.45) is 2.02. The molecule has 2 rings (SSSR count). The van der Waals surface area contributed by atoms with Crippen LogP contribution in [0.3, 0.4) is 0 Å². The number of carbonyl (C=O) groups excluding carboxylic acids is 2. The van der Waals surface area contributed by atoms with Gasteiger partial charge in [-0.2, -0.15) is 0 Å². The Balaban J connectivity index is 2.01. The Hall–Kier alpha value is -2.31. The lowest BCUT2D eigenvalue weighted by Gasteiger charge is -2.22. The summed E-state index contributed by atoms with van der Waals surface area (Å²) in [5.74, 6) is 0.469. The van der Waals surface area contributed by atoms with Gasteiger partial charge < -0.3 is 20.3 Å². The second-order valence-electron chi connectivity index (χ2n) is 6.53. The molecule has 2 N–H and O–H groups in total. The summed E-state index contributed by atoms with van der Waals surface area (Å²) in [5.41, 5.74) is 0.0170. The number of ether oxygens (including phenoxy) is 1. The number of pyridine rings is 1. The van der Waals surface area contributed by atoms with Crippen molar-refractivity contribution in [1.82, 2.24) is 15.6 Å². The Morgan fingerprint density at radius 2 is 2.13 bits per heavy atom. The predicted molar refractivity (Wildman–Crippen MR) is 87.6 cm³/mol. The molecule has 2 amide bonds. The third-order valence-electron chi connectivity index (χ3n) is 3.47. The van der Waals surface area contributed by atoms with Crippen LogP contribution < -0.4 is 15.5 Å². The zero-order valence-electron chi connectivity index (χ0n) is 14.0. The summed E-state index contributed by atoms with van der Waals surface area (Å²) in [6, 6.07) is 3.46. The van der Waals surface area contributed by atoms with Gasteiger partial charge in [0, 0.05) is 26.3 Å². The Bertz CT molecular complexity index is 583. The van der Waals surface area contributed by atoms with Gasteiger partial charge >= 0.3 is 6.09 Å². The van der Waals surface area contributed by atoms with Gasteiger partial charge in [-0.25, -0.2) is 9.78 Å². The van der Waals surface area contributed by atoms with E-state index in [4.69, 9.17) is 4.74 Å². The Morgan fingerprint density at radius 3 is 2.78 bits per heavy atom. The van der Waals surface area contributed by atoms with Crippen LogP contribution in [0.25, 0.3) is 0 Å². The van der Waals surface area contributed by atoms with E-state index < -0.39 is 11.7 Å². The van der Waals surface area contributed by atoms with E-state index in [9.17, 15) is 9.59 Å². The van der Waals surface area contributed by atoms with E-state index in [-0.39, 0.29) is 11.9 Å². The third-order valence-corrected chi connectivity index (χ3v) is 3.47. The van der Waals surface area contributed by atoms with E-state index >= 15 is 0 Å². The molecule has 0 saturated carbocycles. The lowest BCUT2D eigenvalue weighted by molar-refractivity contribution is 0.0508. The van der Waals surface area contributed by atoms with Crippen LogP contribution in [-0.4, -0.2) is 48.8 Å². The molecule has 7 nitrogen and oxygen atoms in total. The van der Waals surface area contributed by atoms with Crippen molar-refractivity contribution in [3.8, 4) is 0 Å². The second-order valence-corrected chi connectivity index (χ2v) is 6.53. The molecule has 1 aromatic rings. The average Bonchev–Trinajstić information content (AvgIpc) is 2.92. The van der Waals surface area contributed by atoms with Crippen LogP contribution in [0.15, 0.2) is 18.3 Å². The zero-order valence-corrected chi connectivity index (χ0v) is 14.0. The van der Waals surface area contributed by atoms with Crippen molar-refractivity contribution >= 4 is 17.8 Å². The summed E-state index contributed by atoms with van der Waals surface area (Å²) >= 11 is 0. The number of hydrogen-bond acceptors (Lipinski definition) is 5. The van der Waals surface area contributed by atoms with E-state index in [1.165, 1.54) is 0 Å². The van der Waals surface area contributed by atoms with Crippen molar-refractivity contribution in [3.63, 3.8) is 0 Å². The van der Waals surface area contributed by atoms with E-state index in [1.54, 1.807) is 25.4 Å². The van der Waals surface area contributed by atoms with Crippen molar-refractivity contribution in [1.29, 1.82) is 0 Å². The summed E-state index contributed by atoms with van der Waals surface area (Å²) in [4.78, 5) is 30.1. The minimum absolute atomic E-state index is 0.0237. The van der Waals surface area contributed by atoms with E-state index in [0.29, 0.717) is 17.9 Å². The molecule has 1 atom stereocenters. The monoisotopic (exact) mass is 320 g/mol. The van der Waals surface area contributed by atoms with Crippen molar-refractivity contribution in [2.45, 2.75) is 38.8 Å². The number of nitrogens with one attached hydrogen (secondary N) is 2. The first kappa shape index (κ1) is 17.1. The largest absolute Gasteiger partial charge is 0.444 e. The van der Waals surface area contributed by atoms with Gasteiger partial charge in [-0.3, -0.25) is 4.79 Å². The Labute approximate surface area is 136 Å². The van der Waals surface area contributed by atoms with Gasteiger partial charge in [0.05, 0.1) is 11.6 Å². The van der Waals surface area contributed by atoms with Crippen molar-refractivity contribution < 1.29 is 14.3 Å². The fourth-order valence-electron chi connectivity index (χ4n) is 2.51. The van der Waals surface area contributed by atoms with Crippen LogP contribution in [0, 0.1) is 0 Å². The molecule has 126 valence electrons. The van der Waals surface area contributed by atoms with Crippen LogP contribution in [0.4, 0.5) is 10.6 Å². The topological polar surface area (TPSA) is 83.6 Å². The number of hydrogen-bond donors (Lipinski definition) is 2. The van der Waals surface area contributed by atoms with Crippen LogP contribution in [0.2, 0.25) is 0 Å². The molecule has 1 aliphatic rings. The zero-order chi connectivity index (χ0) is 17.0. The number of nitrogens with zero attached hydrogens (tertiary/aromatic N) is 2. The smallest absolute Gasteiger partial charge is 0.407 e. The van der Waals surface area contributed by atoms with Gasteiger partial charge in [0.25, 0.3) is 5.91 Å². The first-order valence-corrected chi connectivity index (χ1v) is 7.71. The van der Waals surface area contributed by atoms with Crippen LogP contribution in [0.1, 0.15) is 37.6 Å². The maximum absolute atomic E-state index is 11.9. The fourth-order valence-corrected chi connectivity index (χ4v) is 2.51. The van der Waals surface area contributed by atoms with Crippen molar-refractivity contribution in [2.75, 3.05) is 25.0 Å².